The maximum atomic E-state index is 12.0. The molecular formula is C16H12Cl2N2O2S. The summed E-state index contributed by atoms with van der Waals surface area (Å²) in [4.78, 5) is 16.4. The number of rotatable bonds is 4. The fraction of sp³-hybridized carbons (Fsp3) is 0.125. The van der Waals surface area contributed by atoms with Crippen LogP contribution in [0.15, 0.2) is 47.3 Å². The molecule has 0 amide bonds. The summed E-state index contributed by atoms with van der Waals surface area (Å²) in [7, 11) is 0. The summed E-state index contributed by atoms with van der Waals surface area (Å²) in [6, 6.07) is 12.1. The Morgan fingerprint density at radius 2 is 1.96 bits per heavy atom. The molecule has 7 heteroatoms. The molecule has 4 nitrogen and oxygen atoms in total. The van der Waals surface area contributed by atoms with Gasteiger partial charge in [-0.2, -0.15) is 0 Å². The third-order valence-electron chi connectivity index (χ3n) is 3.31. The molecule has 0 bridgehead atoms. The zero-order chi connectivity index (χ0) is 16.4. The first-order valence-electron chi connectivity index (χ1n) is 6.81. The Bertz CT molecular complexity index is 914. The Kier molecular flexibility index (Phi) is 4.82. The highest BCUT2D eigenvalue weighted by atomic mass is 35.5. The zero-order valence-electron chi connectivity index (χ0n) is 11.8. The summed E-state index contributed by atoms with van der Waals surface area (Å²) in [5, 5.41) is 15.1. The average Bonchev–Trinajstić information content (AvgIpc) is 2.55. The van der Waals surface area contributed by atoms with Gasteiger partial charge in [0.25, 0.3) is 0 Å². The van der Waals surface area contributed by atoms with Gasteiger partial charge in [-0.25, -0.2) is 4.98 Å². The molecule has 2 aromatic carbocycles. The van der Waals surface area contributed by atoms with Crippen molar-refractivity contribution < 1.29 is 5.11 Å². The van der Waals surface area contributed by atoms with Crippen LogP contribution >= 0.6 is 34.5 Å². The number of aromatic nitrogens is 1. The Hall–Kier alpha value is -1.66. The first-order chi connectivity index (χ1) is 11.0. The minimum atomic E-state index is -0.791. The lowest BCUT2D eigenvalue weighted by Crippen LogP contribution is -2.13. The number of aliphatic hydroxyl groups excluding tert-OH is 1. The van der Waals surface area contributed by atoms with Crippen LogP contribution in [0.25, 0.3) is 10.9 Å². The van der Waals surface area contributed by atoms with Gasteiger partial charge in [0, 0.05) is 6.54 Å². The molecule has 0 saturated heterocycles. The Labute approximate surface area is 146 Å². The van der Waals surface area contributed by atoms with Crippen molar-refractivity contribution in [3.63, 3.8) is 0 Å². The molecule has 0 unspecified atom stereocenters. The molecule has 0 aliphatic carbocycles. The number of halogens is 2. The first-order valence-corrected chi connectivity index (χ1v) is 8.38. The Balaban J connectivity index is 1.77. The molecule has 118 valence electrons. The molecule has 23 heavy (non-hydrogen) atoms. The topological polar surface area (TPSA) is 62.2 Å². The number of hydrogen-bond acceptors (Lipinski definition) is 5. The van der Waals surface area contributed by atoms with Crippen molar-refractivity contribution in [2.24, 2.45) is 0 Å². The monoisotopic (exact) mass is 366 g/mol. The van der Waals surface area contributed by atoms with Crippen LogP contribution in [0, 0.1) is 0 Å². The van der Waals surface area contributed by atoms with Gasteiger partial charge in [-0.05, 0) is 29.8 Å². The summed E-state index contributed by atoms with van der Waals surface area (Å²) in [5.74, 6) is 0. The number of nitrogens with one attached hydrogen (secondary N) is 1. The molecular weight excluding hydrogens is 355 g/mol. The van der Waals surface area contributed by atoms with Crippen LogP contribution in [0.5, 0.6) is 0 Å². The van der Waals surface area contributed by atoms with Crippen molar-refractivity contribution in [3.05, 3.63) is 67.6 Å². The average molecular weight is 367 g/mol. The Morgan fingerprint density at radius 3 is 2.74 bits per heavy atom. The van der Waals surface area contributed by atoms with E-state index < -0.39 is 6.10 Å². The van der Waals surface area contributed by atoms with Crippen LogP contribution in [0.3, 0.4) is 0 Å². The van der Waals surface area contributed by atoms with E-state index >= 15 is 0 Å². The van der Waals surface area contributed by atoms with Gasteiger partial charge in [0.05, 0.1) is 27.1 Å². The number of benzene rings is 2. The molecule has 1 aromatic heterocycles. The second-order valence-electron chi connectivity index (χ2n) is 4.89. The van der Waals surface area contributed by atoms with Crippen molar-refractivity contribution >= 4 is 50.6 Å². The highest BCUT2D eigenvalue weighted by Crippen LogP contribution is 2.26. The Morgan fingerprint density at radius 1 is 1.17 bits per heavy atom. The van der Waals surface area contributed by atoms with Gasteiger partial charge in [0.1, 0.15) is 0 Å². The molecule has 0 aliphatic heterocycles. The fourth-order valence-electron chi connectivity index (χ4n) is 2.12. The van der Waals surface area contributed by atoms with E-state index in [0.29, 0.717) is 31.6 Å². The molecule has 0 aliphatic rings. The van der Waals surface area contributed by atoms with Crippen LogP contribution in [0.2, 0.25) is 10.0 Å². The number of nitrogens with zero attached hydrogens (tertiary/aromatic N) is 1. The van der Waals surface area contributed by atoms with Crippen molar-refractivity contribution in [2.75, 3.05) is 11.9 Å². The van der Waals surface area contributed by atoms with Crippen molar-refractivity contribution in [1.82, 2.24) is 4.98 Å². The molecule has 0 spiro atoms. The number of anilines is 1. The highest BCUT2D eigenvalue weighted by Gasteiger charge is 2.11. The highest BCUT2D eigenvalue weighted by molar-refractivity contribution is 7.13. The lowest BCUT2D eigenvalue weighted by atomic mass is 10.1. The molecule has 0 saturated carbocycles. The van der Waals surface area contributed by atoms with Crippen LogP contribution in [-0.4, -0.2) is 16.6 Å². The zero-order valence-corrected chi connectivity index (χ0v) is 14.1. The van der Waals surface area contributed by atoms with Crippen LogP contribution in [0.4, 0.5) is 5.13 Å². The van der Waals surface area contributed by atoms with Crippen LogP contribution in [0.1, 0.15) is 11.7 Å². The maximum Gasteiger partial charge on any atom is 0.245 e. The normalized spacial score (nSPS) is 12.3. The van der Waals surface area contributed by atoms with E-state index in [4.69, 9.17) is 23.2 Å². The number of para-hydroxylation sites is 1. The van der Waals surface area contributed by atoms with Gasteiger partial charge >= 0.3 is 0 Å². The molecule has 1 atom stereocenters. The van der Waals surface area contributed by atoms with Gasteiger partial charge in [0.2, 0.25) is 4.74 Å². The molecule has 3 aromatic rings. The smallest absolute Gasteiger partial charge is 0.245 e. The third kappa shape index (κ3) is 3.64. The minimum Gasteiger partial charge on any atom is -0.387 e. The van der Waals surface area contributed by atoms with Crippen molar-refractivity contribution in [3.8, 4) is 0 Å². The van der Waals surface area contributed by atoms with E-state index in [-0.39, 0.29) is 11.3 Å². The lowest BCUT2D eigenvalue weighted by Gasteiger charge is -2.13. The summed E-state index contributed by atoms with van der Waals surface area (Å²) in [6.45, 7) is 0.208. The van der Waals surface area contributed by atoms with Crippen LogP contribution < -0.4 is 10.1 Å². The van der Waals surface area contributed by atoms with Crippen molar-refractivity contribution in [2.45, 2.75) is 6.10 Å². The van der Waals surface area contributed by atoms with E-state index in [9.17, 15) is 9.90 Å². The largest absolute Gasteiger partial charge is 0.387 e. The van der Waals surface area contributed by atoms with E-state index in [0.717, 1.165) is 11.3 Å². The lowest BCUT2D eigenvalue weighted by molar-refractivity contribution is 0.191. The molecule has 1 heterocycles. The predicted octanol–water partition coefficient (Wildman–Crippen LogP) is 4.11. The third-order valence-corrected chi connectivity index (χ3v) is 4.88. The molecule has 0 radical (unpaired) electrons. The molecule has 0 fully saturated rings. The molecule has 3 rings (SSSR count). The minimum absolute atomic E-state index is 0.0675. The van der Waals surface area contributed by atoms with E-state index in [1.165, 1.54) is 0 Å². The number of fused-ring (bicyclic) bond motifs is 1. The van der Waals surface area contributed by atoms with E-state index in [1.807, 2.05) is 6.07 Å². The predicted molar refractivity (Wildman–Crippen MR) is 95.8 cm³/mol. The van der Waals surface area contributed by atoms with Crippen molar-refractivity contribution in [1.29, 1.82) is 0 Å². The second-order valence-corrected chi connectivity index (χ2v) is 6.67. The summed E-state index contributed by atoms with van der Waals surface area (Å²) >= 11 is 12.8. The summed E-state index contributed by atoms with van der Waals surface area (Å²) in [5.41, 5.74) is 1.27. The fourth-order valence-corrected chi connectivity index (χ4v) is 3.18. The van der Waals surface area contributed by atoms with Gasteiger partial charge < -0.3 is 10.4 Å². The second kappa shape index (κ2) is 6.84. The standard InChI is InChI=1S/C16H12Cl2N2O2S/c17-11-6-5-9(7-12(11)18)14(21)8-19-16-20-13-4-2-1-3-10(13)15(22)23-16/h1-7,14,21H,8H2,(H,19,20)/t14-/m1/s1. The van der Waals surface area contributed by atoms with E-state index in [1.54, 1.807) is 36.4 Å². The number of aliphatic hydroxyl groups is 1. The van der Waals surface area contributed by atoms with E-state index in [2.05, 4.69) is 10.3 Å². The summed E-state index contributed by atoms with van der Waals surface area (Å²) in [6.07, 6.45) is -0.791. The van der Waals surface area contributed by atoms with Gasteiger partial charge in [-0.15, -0.1) is 0 Å². The molecule has 2 N–H and O–H groups in total. The first kappa shape index (κ1) is 16.2. The van der Waals surface area contributed by atoms with Gasteiger partial charge in [-0.1, -0.05) is 52.7 Å². The maximum absolute atomic E-state index is 12.0. The SMILES string of the molecule is O=c1sc(NC[C@@H](O)c2ccc(Cl)c(Cl)c2)nc2ccccc12. The number of hydrogen-bond donors (Lipinski definition) is 2. The van der Waals surface area contributed by atoms with Gasteiger partial charge in [0.15, 0.2) is 5.13 Å². The quantitative estimate of drug-likeness (QED) is 0.729. The van der Waals surface area contributed by atoms with Gasteiger partial charge in [-0.3, -0.25) is 4.79 Å². The summed E-state index contributed by atoms with van der Waals surface area (Å²) < 4.78 is -0.0675. The van der Waals surface area contributed by atoms with Crippen LogP contribution in [-0.2, 0) is 0 Å².